The number of carbonyl (C=O) groups is 4. The molecule has 3 aliphatic rings. The van der Waals surface area contributed by atoms with Crippen molar-refractivity contribution in [2.24, 2.45) is 0 Å². The van der Waals surface area contributed by atoms with Crippen molar-refractivity contribution < 1.29 is 145 Å². The monoisotopic (exact) mass is 1770 g/mol. The van der Waals surface area contributed by atoms with Gasteiger partial charge in [0.05, 0.1) is 19.8 Å². The molecule has 7 aromatic rings. The SMILES string of the molecule is CC(C)(C)OC(=O)OC1[C@@H](CO)O[C@@H](n2ccc(N)nc2=O)C1(F)F.CC(OC(=O)[C@H](C)NP(=O)(OC[C@H]1O[C@@H](n2ccc(N)nc2=O)C(F)(F)C1O)Oc1ccccc1)c1ccc(O[N+](=O)[O-])cc1.CC(OC(=O)[C@H](C)NP(=O)(OC[C@H]1O[C@@H](n2ccc(N)nc2=O)C(F)(F)C1OC(=O)OC(C)(C)C)Oc1ccccc1)c1ccc(O[N+](=O)[O-])cc1. The molecule has 0 spiro atoms. The Balaban J connectivity index is 0.000000240. The normalized spacial score (nSPS) is 22.0. The number of nitrogens with two attached hydrogens (primary N) is 3. The van der Waals surface area contributed by atoms with Crippen LogP contribution in [0.1, 0.15) is 111 Å². The molecule has 122 heavy (non-hydrogen) atoms. The van der Waals surface area contributed by atoms with Gasteiger partial charge in [-0.2, -0.15) is 51.5 Å². The van der Waals surface area contributed by atoms with Crippen LogP contribution in [-0.2, 0) is 70.4 Å². The summed E-state index contributed by atoms with van der Waals surface area (Å²) >= 11 is 0. The van der Waals surface area contributed by atoms with Gasteiger partial charge in [0.1, 0.15) is 94.3 Å². The summed E-state index contributed by atoms with van der Waals surface area (Å²) in [4.78, 5) is 127. The molecule has 664 valence electrons. The first-order valence-corrected chi connectivity index (χ1v) is 39.0. The molecule has 0 bridgehead atoms. The van der Waals surface area contributed by atoms with Gasteiger partial charge in [-0.3, -0.25) is 42.0 Å². The predicted octanol–water partition coefficient (Wildman–Crippen LogP) is 8.18. The first-order chi connectivity index (χ1) is 56.9. The molecule has 10 N–H and O–H groups in total. The maximum Gasteiger partial charge on any atom is 0.509 e. The highest BCUT2D eigenvalue weighted by Crippen LogP contribution is 2.51. The molecule has 0 aliphatic carbocycles. The van der Waals surface area contributed by atoms with Crippen LogP contribution in [0.25, 0.3) is 0 Å². The van der Waals surface area contributed by atoms with Gasteiger partial charge in [0, 0.05) is 18.6 Å². The number of rotatable bonds is 30. The fourth-order valence-electron chi connectivity index (χ4n) is 11.0. The van der Waals surface area contributed by atoms with E-state index in [0.29, 0.717) is 24.8 Å². The Hall–Kier alpha value is -11.9. The Morgan fingerprint density at radius 2 is 0.836 bits per heavy atom. The maximum atomic E-state index is 16.0. The van der Waals surface area contributed by atoms with Crippen LogP contribution in [0.5, 0.6) is 23.0 Å². The predicted molar refractivity (Wildman–Crippen MR) is 404 cm³/mol. The third-order valence-corrected chi connectivity index (χ3v) is 19.9. The highest BCUT2D eigenvalue weighted by atomic mass is 31.2. The summed E-state index contributed by atoms with van der Waals surface area (Å²) in [6.45, 7) is 11.8. The number of nitrogens with one attached hydrogen (secondary N) is 2. The van der Waals surface area contributed by atoms with Crippen molar-refractivity contribution in [1.29, 1.82) is 0 Å². The third kappa shape index (κ3) is 25.8. The molecule has 3 saturated heterocycles. The van der Waals surface area contributed by atoms with Gasteiger partial charge in [0.2, 0.25) is 30.9 Å². The molecule has 3 aromatic heterocycles. The van der Waals surface area contributed by atoms with E-state index in [-0.39, 0.29) is 40.5 Å². The molecule has 3 fully saturated rings. The van der Waals surface area contributed by atoms with Crippen LogP contribution < -0.4 is 63.2 Å². The number of aliphatic hydroxyl groups excluding tert-OH is 2. The smallest absolute Gasteiger partial charge is 0.457 e. The molecular weight excluding hydrogens is 1690 g/mol. The molecule has 4 aromatic carbocycles. The topological polar surface area (TPSA) is 574 Å². The Morgan fingerprint density at radius 3 is 1.16 bits per heavy atom. The fourth-order valence-corrected chi connectivity index (χ4v) is 14.0. The Morgan fingerprint density at radius 1 is 0.516 bits per heavy atom. The summed E-state index contributed by atoms with van der Waals surface area (Å²) in [6.07, 6.45) is -21.0. The number of para-hydroxylation sites is 2. The van der Waals surface area contributed by atoms with Crippen LogP contribution in [0.4, 0.5) is 53.4 Å². The van der Waals surface area contributed by atoms with E-state index >= 15 is 8.78 Å². The van der Waals surface area contributed by atoms with E-state index in [9.17, 15) is 90.7 Å². The number of esters is 2. The lowest BCUT2D eigenvalue weighted by Gasteiger charge is -2.27. The van der Waals surface area contributed by atoms with E-state index in [4.69, 9.17) is 73.2 Å². The van der Waals surface area contributed by atoms with Crippen molar-refractivity contribution in [2.45, 2.75) is 178 Å². The molecule has 43 nitrogen and oxygen atoms in total. The molecule has 0 saturated carbocycles. The van der Waals surface area contributed by atoms with Gasteiger partial charge in [0.25, 0.3) is 10.2 Å². The molecule has 3 aliphatic heterocycles. The van der Waals surface area contributed by atoms with E-state index < -0.39 is 195 Å². The van der Waals surface area contributed by atoms with E-state index in [1.165, 1.54) is 154 Å². The van der Waals surface area contributed by atoms with Crippen molar-refractivity contribution in [2.75, 3.05) is 37.0 Å². The van der Waals surface area contributed by atoms with Gasteiger partial charge in [0.15, 0.2) is 6.10 Å². The number of alkyl halides is 6. The highest BCUT2D eigenvalue weighted by molar-refractivity contribution is 7.52. The zero-order valence-electron chi connectivity index (χ0n) is 65.8. The third-order valence-electron chi connectivity index (χ3n) is 16.6. The molecule has 6 heterocycles. The molecule has 10 rings (SSSR count). The fraction of sp³-hybridized carbons (Fsp3) is 0.437. The summed E-state index contributed by atoms with van der Waals surface area (Å²) in [6, 6.07) is 26.5. The number of nitrogen functional groups attached to an aromatic ring is 3. The van der Waals surface area contributed by atoms with Gasteiger partial charge < -0.3 is 79.1 Å². The number of aromatic nitrogens is 6. The second-order valence-electron chi connectivity index (χ2n) is 28.4. The minimum absolute atomic E-state index is 0.0131. The van der Waals surface area contributed by atoms with Gasteiger partial charge in [-0.1, -0.05) is 60.7 Å². The molecule has 51 heteroatoms. The Bertz CT molecular complexity index is 5100. The summed E-state index contributed by atoms with van der Waals surface area (Å²) in [7, 11) is -9.29. The van der Waals surface area contributed by atoms with Crippen molar-refractivity contribution >= 4 is 57.2 Å². The number of ether oxygens (including phenoxy) is 9. The average Bonchev–Trinajstić information content (AvgIpc) is 1.61. The largest absolute Gasteiger partial charge is 0.509 e. The number of benzene rings is 4. The van der Waals surface area contributed by atoms with Crippen molar-refractivity contribution in [3.8, 4) is 23.0 Å². The second-order valence-corrected chi connectivity index (χ2v) is 31.8. The highest BCUT2D eigenvalue weighted by Gasteiger charge is 2.65. The maximum absolute atomic E-state index is 16.0. The van der Waals surface area contributed by atoms with Gasteiger partial charge in [-0.05, 0) is 147 Å². The lowest BCUT2D eigenvalue weighted by atomic mass is 10.1. The Labute approximate surface area is 685 Å². The van der Waals surface area contributed by atoms with E-state index in [2.05, 4.69) is 39.5 Å². The number of hydrogen-bond acceptors (Lipinski definition) is 36. The number of hydrogen-bond donors (Lipinski definition) is 7. The van der Waals surface area contributed by atoms with Gasteiger partial charge in [-0.25, -0.2) is 33.1 Å². The lowest BCUT2D eigenvalue weighted by Crippen LogP contribution is -2.45. The van der Waals surface area contributed by atoms with Gasteiger partial charge >= 0.3 is 74.6 Å². The van der Waals surface area contributed by atoms with Crippen LogP contribution >= 0.6 is 15.5 Å². The number of anilines is 3. The zero-order chi connectivity index (χ0) is 90.4. The Kier molecular flexibility index (Phi) is 31.1. The number of halogens is 6. The minimum Gasteiger partial charge on any atom is -0.457 e. The van der Waals surface area contributed by atoms with Crippen LogP contribution in [0.15, 0.2) is 160 Å². The van der Waals surface area contributed by atoms with Crippen molar-refractivity contribution in [1.82, 2.24) is 38.8 Å². The number of carbonyl (C=O) groups excluding carboxylic acids is 4. The van der Waals surface area contributed by atoms with Crippen LogP contribution in [0, 0.1) is 20.2 Å². The summed E-state index contributed by atoms with van der Waals surface area (Å²) in [5.41, 5.74) is 11.6. The minimum atomic E-state index is -4.71. The average molecular weight is 1770 g/mol. The standard InChI is InChI=1S/C31H36F2N5O13P.C26H28F2N5O11P.C14H19F2N3O6/c1-18(26(39)46-19(2)20-11-13-21(14-12-20)50-38(42)43)36-52(44,51-22-9-7-6-8-10-22)45-17-23-25(48-29(41)49-30(3,4)5)31(32,33)27(47-23)37-16-15-24(34)35-28(37)40;1-15(23(35)41-16(2)17-8-10-18(11-9-17)43-33(37)38)31-45(39,44-19-6-4-3-5-7-19)40-14-20-22(34)26(27,28)24(42-20)32-13-12-21(29)30-25(32)36;1-13(2,3)25-12(22)24-9-7(6-20)23-10(14(9,15)16)19-5-4-8(17)18-11(19)21/h6-16,18-19,23,25,27H,17H2,1-5H3,(H,36,44)(H2,34,35,40);3-13,15-16,20,22,24,34H,14H2,1-2H3,(H,31,39)(H2,29,30,36);4-5,7,9-10,20H,6H2,1-3H3,(H2,17,18,21)/t18-,19?,23+,25?,27+,52?;15-,16?,20+,22?,24+,45?;7-,9?,10-/m001/s1. The first kappa shape index (κ1) is 95.6. The van der Waals surface area contributed by atoms with Gasteiger partial charge in [-0.15, -0.1) is 20.2 Å². The number of nitrogens with zero attached hydrogens (tertiary/aromatic N) is 8. The van der Waals surface area contributed by atoms with Crippen molar-refractivity contribution in [3.05, 3.63) is 209 Å². The second kappa shape index (κ2) is 39.7. The molecule has 7 unspecified atom stereocenters. The molecule has 0 amide bonds. The number of aliphatic hydroxyl groups is 2. The molecular formula is C71H83F6N13O30P2. The lowest BCUT2D eigenvalue weighted by molar-refractivity contribution is -0.711. The van der Waals surface area contributed by atoms with Crippen LogP contribution in [0.2, 0.25) is 0 Å². The van der Waals surface area contributed by atoms with Crippen LogP contribution in [-0.4, -0.2) is 171 Å². The van der Waals surface area contributed by atoms with E-state index in [1.54, 1.807) is 24.3 Å². The zero-order valence-corrected chi connectivity index (χ0v) is 67.6. The first-order valence-electron chi connectivity index (χ1n) is 35.9. The molecule has 0 radical (unpaired) electrons. The molecule has 15 atom stereocenters. The van der Waals surface area contributed by atoms with E-state index in [1.807, 2.05) is 0 Å². The van der Waals surface area contributed by atoms with Crippen molar-refractivity contribution in [3.63, 3.8) is 0 Å². The van der Waals surface area contributed by atoms with Crippen LogP contribution in [0.3, 0.4) is 0 Å². The quantitative estimate of drug-likeness (QED) is 0.00557. The summed E-state index contributed by atoms with van der Waals surface area (Å²) < 4.78 is 189. The summed E-state index contributed by atoms with van der Waals surface area (Å²) in [5, 5.41) is 43.5. The van der Waals surface area contributed by atoms with E-state index in [0.717, 1.165) is 36.8 Å². The summed E-state index contributed by atoms with van der Waals surface area (Å²) in [5.74, 6) is -14.6.